The van der Waals surface area contributed by atoms with E-state index >= 15 is 0 Å². The highest BCUT2D eigenvalue weighted by Crippen LogP contribution is 2.42. The summed E-state index contributed by atoms with van der Waals surface area (Å²) in [5.41, 5.74) is 0. The fraction of sp³-hybridized carbons (Fsp3) is 1.00. The molecule has 0 bridgehead atoms. The highest BCUT2D eigenvalue weighted by molar-refractivity contribution is 4.98. The van der Waals surface area contributed by atoms with Crippen molar-refractivity contribution in [1.29, 1.82) is 0 Å². The first-order valence-electron chi connectivity index (χ1n) is 17.8. The molecule has 40 heavy (non-hydrogen) atoms. The Morgan fingerprint density at radius 1 is 0.275 bits per heavy atom. The SMILES string of the molecule is C1CC2CC2CN1.C1CC2CC2N1.C1CC2CCC2N1.C1CC2CNCC12.C1NCC2CC12.C1NCC2NCC12. The van der Waals surface area contributed by atoms with E-state index in [0.717, 1.165) is 71.4 Å². The standard InChI is InChI=1S/3C6H11N.C5H10N2.2C5H9N/c1-2-7-4-6-3-5(1)6;1-2-6-4-7-3-5(1)6;1-2-6-5(1)3-4-7-6;1-4-2-7-5(4)3-6-1;1-4-2-6-3-5(1)4;1-2-6-5-3-4(1)5/h3*5-7H,1-4H2;4-7H,1-3H2;2*4-6H,1-3H2. The molecule has 7 heterocycles. The van der Waals surface area contributed by atoms with Crippen molar-refractivity contribution in [2.75, 3.05) is 72.0 Å². The predicted octanol–water partition coefficient (Wildman–Crippen LogP) is 1.76. The average Bonchev–Trinajstić information content (AvgIpc) is 3.86. The predicted molar refractivity (Wildman–Crippen MR) is 164 cm³/mol. The lowest BCUT2D eigenvalue weighted by Gasteiger charge is -2.30. The molecular weight excluding hydrogens is 494 g/mol. The van der Waals surface area contributed by atoms with Crippen LogP contribution in [0.2, 0.25) is 0 Å². The lowest BCUT2D eigenvalue weighted by atomic mass is 9.77. The Balaban J connectivity index is 0.0000000794. The second-order valence-corrected chi connectivity index (χ2v) is 15.4. The molecule has 0 aromatic carbocycles. The molecule has 0 amide bonds. The van der Waals surface area contributed by atoms with Gasteiger partial charge in [-0.05, 0) is 164 Å². The third kappa shape index (κ3) is 7.62. The maximum atomic E-state index is 3.46. The normalized spacial score (nSPS) is 49.2. The molecule has 0 aromatic rings. The molecule has 0 radical (unpaired) electrons. The van der Waals surface area contributed by atoms with Gasteiger partial charge in [-0.1, -0.05) is 0 Å². The van der Waals surface area contributed by atoms with Crippen LogP contribution in [0.3, 0.4) is 0 Å². The summed E-state index contributed by atoms with van der Waals surface area (Å²) in [5, 5.41) is 23.6. The van der Waals surface area contributed by atoms with Gasteiger partial charge in [0.25, 0.3) is 0 Å². The summed E-state index contributed by atoms with van der Waals surface area (Å²) >= 11 is 0. The first-order chi connectivity index (χ1) is 19.8. The molecule has 12 rings (SSSR count). The Bertz CT molecular complexity index is 666. The van der Waals surface area contributed by atoms with Gasteiger partial charge < -0.3 is 37.2 Å². The van der Waals surface area contributed by atoms with Crippen LogP contribution in [0.15, 0.2) is 0 Å². The molecule has 12 fully saturated rings. The fourth-order valence-electron chi connectivity index (χ4n) is 8.62. The van der Waals surface area contributed by atoms with Gasteiger partial charge in [0.05, 0.1) is 0 Å². The molecular formula is C33H61N7. The summed E-state index contributed by atoms with van der Waals surface area (Å²) in [6.45, 7) is 14.1. The molecule has 7 heteroatoms. The van der Waals surface area contributed by atoms with Crippen LogP contribution in [0.4, 0.5) is 0 Å². The third-order valence-corrected chi connectivity index (χ3v) is 12.6. The molecule has 0 aromatic heterocycles. The van der Waals surface area contributed by atoms with E-state index in [1.807, 2.05) is 0 Å². The molecule has 7 N–H and O–H groups in total. The Labute approximate surface area is 244 Å². The summed E-state index contributed by atoms with van der Waals surface area (Å²) in [6.07, 6.45) is 14.8. The molecule has 5 saturated carbocycles. The third-order valence-electron chi connectivity index (χ3n) is 12.6. The number of fused-ring (bicyclic) bond motifs is 6. The summed E-state index contributed by atoms with van der Waals surface area (Å²) in [6, 6.07) is 2.74. The van der Waals surface area contributed by atoms with Crippen LogP contribution < -0.4 is 37.2 Å². The molecule has 12 aliphatic rings. The zero-order valence-electron chi connectivity index (χ0n) is 25.3. The molecule has 7 aliphatic heterocycles. The van der Waals surface area contributed by atoms with Crippen LogP contribution in [0.5, 0.6) is 0 Å². The number of hydrogen-bond acceptors (Lipinski definition) is 7. The fourth-order valence-corrected chi connectivity index (χ4v) is 8.62. The lowest BCUT2D eigenvalue weighted by Crippen LogP contribution is -2.51. The van der Waals surface area contributed by atoms with Crippen molar-refractivity contribution in [3.63, 3.8) is 0 Å². The van der Waals surface area contributed by atoms with Gasteiger partial charge in [-0.3, -0.25) is 0 Å². The highest BCUT2D eigenvalue weighted by atomic mass is 15.1. The van der Waals surface area contributed by atoms with Crippen LogP contribution in [-0.4, -0.2) is 90.1 Å². The maximum Gasteiger partial charge on any atom is 0.0245 e. The molecule has 0 spiro atoms. The summed E-state index contributed by atoms with van der Waals surface area (Å²) in [4.78, 5) is 0. The van der Waals surface area contributed by atoms with Crippen LogP contribution in [0.25, 0.3) is 0 Å². The van der Waals surface area contributed by atoms with Gasteiger partial charge in [-0.15, -0.1) is 0 Å². The number of nitrogens with one attached hydrogen (secondary N) is 7. The molecule has 7 nitrogen and oxygen atoms in total. The van der Waals surface area contributed by atoms with E-state index in [0.29, 0.717) is 0 Å². The van der Waals surface area contributed by atoms with Crippen molar-refractivity contribution in [1.82, 2.24) is 37.2 Å². The summed E-state index contributed by atoms with van der Waals surface area (Å²) in [7, 11) is 0. The Morgan fingerprint density at radius 3 is 1.15 bits per heavy atom. The monoisotopic (exact) mass is 555 g/mol. The van der Waals surface area contributed by atoms with E-state index in [1.54, 1.807) is 0 Å². The second kappa shape index (κ2) is 13.6. The quantitative estimate of drug-likeness (QED) is 0.245. The van der Waals surface area contributed by atoms with Crippen molar-refractivity contribution >= 4 is 0 Å². The van der Waals surface area contributed by atoms with Gasteiger partial charge in [-0.25, -0.2) is 0 Å². The minimum Gasteiger partial charge on any atom is -0.316 e. The Kier molecular flexibility index (Phi) is 9.66. The van der Waals surface area contributed by atoms with Gasteiger partial charge in [0.2, 0.25) is 0 Å². The van der Waals surface area contributed by atoms with E-state index in [1.165, 1.54) is 136 Å². The Morgan fingerprint density at radius 2 is 0.850 bits per heavy atom. The van der Waals surface area contributed by atoms with Crippen molar-refractivity contribution < 1.29 is 0 Å². The van der Waals surface area contributed by atoms with E-state index < -0.39 is 0 Å². The molecule has 12 unspecified atom stereocenters. The van der Waals surface area contributed by atoms with Crippen molar-refractivity contribution in [3.8, 4) is 0 Å². The van der Waals surface area contributed by atoms with Gasteiger partial charge in [0, 0.05) is 43.7 Å². The number of piperidine rings is 3. The molecule has 5 aliphatic carbocycles. The number of hydrogen-bond donors (Lipinski definition) is 7. The van der Waals surface area contributed by atoms with Crippen LogP contribution in [-0.2, 0) is 0 Å². The average molecular weight is 556 g/mol. The van der Waals surface area contributed by atoms with Gasteiger partial charge in [0.1, 0.15) is 0 Å². The minimum absolute atomic E-state index is 0.833. The maximum absolute atomic E-state index is 3.46. The van der Waals surface area contributed by atoms with E-state index in [4.69, 9.17) is 0 Å². The van der Waals surface area contributed by atoms with Crippen molar-refractivity contribution in [2.45, 2.75) is 82.3 Å². The molecule has 7 saturated heterocycles. The van der Waals surface area contributed by atoms with Crippen LogP contribution in [0.1, 0.15) is 64.2 Å². The van der Waals surface area contributed by atoms with Crippen LogP contribution >= 0.6 is 0 Å². The Hall–Kier alpha value is -0.280. The zero-order valence-corrected chi connectivity index (χ0v) is 25.3. The van der Waals surface area contributed by atoms with Crippen LogP contribution in [0, 0.1) is 53.3 Å². The van der Waals surface area contributed by atoms with Gasteiger partial charge in [0.15, 0.2) is 0 Å². The first kappa shape index (κ1) is 28.5. The molecule has 12 atom stereocenters. The first-order valence-corrected chi connectivity index (χ1v) is 17.8. The highest BCUT2D eigenvalue weighted by Gasteiger charge is 2.41. The van der Waals surface area contributed by atoms with Crippen molar-refractivity contribution in [3.05, 3.63) is 0 Å². The lowest BCUT2D eigenvalue weighted by molar-refractivity contribution is 0.243. The topological polar surface area (TPSA) is 84.2 Å². The smallest absolute Gasteiger partial charge is 0.0245 e. The summed E-state index contributed by atoms with van der Waals surface area (Å²) < 4.78 is 0. The summed E-state index contributed by atoms with van der Waals surface area (Å²) in [5.74, 6) is 9.76. The minimum atomic E-state index is 0.833. The van der Waals surface area contributed by atoms with E-state index in [-0.39, 0.29) is 0 Å². The number of rotatable bonds is 0. The van der Waals surface area contributed by atoms with Gasteiger partial charge in [-0.2, -0.15) is 0 Å². The second-order valence-electron chi connectivity index (χ2n) is 15.4. The molecule has 228 valence electrons. The van der Waals surface area contributed by atoms with Gasteiger partial charge >= 0.3 is 0 Å². The van der Waals surface area contributed by atoms with E-state index in [2.05, 4.69) is 37.2 Å². The zero-order chi connectivity index (χ0) is 26.7. The van der Waals surface area contributed by atoms with Crippen molar-refractivity contribution in [2.24, 2.45) is 53.3 Å². The largest absolute Gasteiger partial charge is 0.316 e. The van der Waals surface area contributed by atoms with E-state index in [9.17, 15) is 0 Å².